The van der Waals surface area contributed by atoms with E-state index in [1.54, 1.807) is 29.5 Å². The Labute approximate surface area is 205 Å². The zero-order chi connectivity index (χ0) is 24.1. The standard InChI is InChI=1S/C26H35FN2O4S/c1-18(2)32-16-20(30)14-28(13-19-7-8-19)15-26(31)29-11-9-25-21(10-12-34-25)23(29)17-33-24-6-4-3-5-22(24)27/h3-6,10,12,18-20,23,30H,7-9,11,13-17H2,1-2H3/t20-,23+/m0/s1. The molecule has 1 aliphatic heterocycles. The molecule has 0 saturated heterocycles. The van der Waals surface area contributed by atoms with Crippen molar-refractivity contribution in [3.63, 3.8) is 0 Å². The SMILES string of the molecule is CC(C)OC[C@@H](O)CN(CC(=O)N1CCc2sccc2[C@H]1COc1ccccc1F)CC1CC1. The molecule has 1 amide bonds. The monoisotopic (exact) mass is 490 g/mol. The van der Waals surface area contributed by atoms with Gasteiger partial charge in [-0.05, 0) is 68.2 Å². The second kappa shape index (κ2) is 11.6. The first-order valence-electron chi connectivity index (χ1n) is 12.2. The van der Waals surface area contributed by atoms with Crippen LogP contribution in [0.2, 0.25) is 0 Å². The molecule has 0 spiro atoms. The maximum absolute atomic E-state index is 14.1. The number of thiophene rings is 1. The van der Waals surface area contributed by atoms with Crippen LogP contribution in [-0.2, 0) is 16.0 Å². The van der Waals surface area contributed by atoms with Crippen LogP contribution < -0.4 is 4.74 Å². The van der Waals surface area contributed by atoms with E-state index in [0.29, 0.717) is 19.0 Å². The molecule has 6 nitrogen and oxygen atoms in total. The van der Waals surface area contributed by atoms with Gasteiger partial charge >= 0.3 is 0 Å². The predicted octanol–water partition coefficient (Wildman–Crippen LogP) is 3.89. The molecule has 2 aromatic rings. The first-order valence-corrected chi connectivity index (χ1v) is 13.0. The summed E-state index contributed by atoms with van der Waals surface area (Å²) in [4.78, 5) is 18.7. The summed E-state index contributed by atoms with van der Waals surface area (Å²) in [6, 6.07) is 8.13. The number of para-hydroxylation sites is 1. The van der Waals surface area contributed by atoms with Crippen molar-refractivity contribution in [1.82, 2.24) is 9.80 Å². The van der Waals surface area contributed by atoms with Crippen LogP contribution in [0.4, 0.5) is 4.39 Å². The average molecular weight is 491 g/mol. The quantitative estimate of drug-likeness (QED) is 0.489. The van der Waals surface area contributed by atoms with Gasteiger partial charge in [-0.2, -0.15) is 0 Å². The minimum atomic E-state index is -0.640. The number of ether oxygens (including phenoxy) is 2. The normalized spacial score (nSPS) is 18.9. The van der Waals surface area contributed by atoms with Crippen LogP contribution in [0.15, 0.2) is 35.7 Å². The number of aliphatic hydroxyl groups is 1. The van der Waals surface area contributed by atoms with Crippen LogP contribution >= 0.6 is 11.3 Å². The minimum absolute atomic E-state index is 0.0108. The highest BCUT2D eigenvalue weighted by atomic mass is 32.1. The maximum Gasteiger partial charge on any atom is 0.237 e. The molecule has 4 rings (SSSR count). The van der Waals surface area contributed by atoms with Gasteiger partial charge in [-0.3, -0.25) is 9.69 Å². The molecule has 1 saturated carbocycles. The Hall–Kier alpha value is -2.00. The van der Waals surface area contributed by atoms with Crippen LogP contribution in [0.1, 0.15) is 43.2 Å². The second-order valence-electron chi connectivity index (χ2n) is 9.57. The van der Waals surface area contributed by atoms with Crippen LogP contribution in [-0.4, -0.2) is 72.4 Å². The Kier molecular flexibility index (Phi) is 8.58. The summed E-state index contributed by atoms with van der Waals surface area (Å²) >= 11 is 1.69. The minimum Gasteiger partial charge on any atom is -0.488 e. The third-order valence-corrected chi connectivity index (χ3v) is 7.31. The average Bonchev–Trinajstić information content (AvgIpc) is 3.48. The van der Waals surface area contributed by atoms with Gasteiger partial charge in [-0.25, -0.2) is 4.39 Å². The summed E-state index contributed by atoms with van der Waals surface area (Å²) in [6.45, 7) is 6.39. The largest absolute Gasteiger partial charge is 0.488 e. The van der Waals surface area contributed by atoms with E-state index >= 15 is 0 Å². The number of fused-ring (bicyclic) bond motifs is 1. The molecular weight excluding hydrogens is 455 g/mol. The van der Waals surface area contributed by atoms with Crippen LogP contribution in [0.5, 0.6) is 5.75 Å². The molecule has 34 heavy (non-hydrogen) atoms. The molecule has 1 aromatic heterocycles. The Balaban J connectivity index is 1.43. The third kappa shape index (κ3) is 6.78. The van der Waals surface area contributed by atoms with E-state index in [9.17, 15) is 14.3 Å². The first-order chi connectivity index (χ1) is 16.4. The van der Waals surface area contributed by atoms with E-state index in [-0.39, 0.29) is 43.6 Å². The lowest BCUT2D eigenvalue weighted by Gasteiger charge is -2.37. The topological polar surface area (TPSA) is 62.2 Å². The number of benzene rings is 1. The number of amides is 1. The van der Waals surface area contributed by atoms with E-state index in [4.69, 9.17) is 9.47 Å². The van der Waals surface area contributed by atoms with Gasteiger partial charge in [0.2, 0.25) is 5.91 Å². The number of nitrogens with zero attached hydrogens (tertiary/aromatic N) is 2. The number of carbonyl (C=O) groups is 1. The number of aliphatic hydroxyl groups excluding tert-OH is 1. The summed E-state index contributed by atoms with van der Waals surface area (Å²) in [5.74, 6) is 0.392. The van der Waals surface area contributed by atoms with Crippen LogP contribution in [0.25, 0.3) is 0 Å². The summed E-state index contributed by atoms with van der Waals surface area (Å²) in [5, 5.41) is 12.5. The molecule has 2 atom stereocenters. The van der Waals surface area contributed by atoms with Crippen LogP contribution in [0, 0.1) is 11.7 Å². The second-order valence-corrected chi connectivity index (χ2v) is 10.6. The maximum atomic E-state index is 14.1. The number of hydrogen-bond acceptors (Lipinski definition) is 6. The van der Waals surface area contributed by atoms with Crippen molar-refractivity contribution in [2.45, 2.75) is 51.4 Å². The molecule has 0 bridgehead atoms. The van der Waals surface area contributed by atoms with Crippen molar-refractivity contribution >= 4 is 17.2 Å². The van der Waals surface area contributed by atoms with E-state index < -0.39 is 11.9 Å². The fourth-order valence-electron chi connectivity index (χ4n) is 4.41. The highest BCUT2D eigenvalue weighted by Crippen LogP contribution is 2.35. The number of carbonyl (C=O) groups excluding carboxylic acids is 1. The third-order valence-electron chi connectivity index (χ3n) is 6.31. The highest BCUT2D eigenvalue weighted by molar-refractivity contribution is 7.10. The predicted molar refractivity (Wildman–Crippen MR) is 131 cm³/mol. The van der Waals surface area contributed by atoms with Gasteiger partial charge in [-0.1, -0.05) is 12.1 Å². The smallest absolute Gasteiger partial charge is 0.237 e. The molecule has 1 aliphatic carbocycles. The molecule has 2 heterocycles. The van der Waals surface area contributed by atoms with E-state index in [0.717, 1.165) is 18.5 Å². The van der Waals surface area contributed by atoms with Gasteiger partial charge in [-0.15, -0.1) is 11.3 Å². The lowest BCUT2D eigenvalue weighted by Crippen LogP contribution is -2.48. The molecule has 0 unspecified atom stereocenters. The van der Waals surface area contributed by atoms with Crippen molar-refractivity contribution < 1.29 is 23.8 Å². The molecule has 1 N–H and O–H groups in total. The van der Waals surface area contributed by atoms with Gasteiger partial charge in [0.25, 0.3) is 0 Å². The van der Waals surface area contributed by atoms with Crippen molar-refractivity contribution in [2.24, 2.45) is 5.92 Å². The molecular formula is C26H35FN2O4S. The summed E-state index contributed by atoms with van der Waals surface area (Å²) in [5.41, 5.74) is 1.08. The Morgan fingerprint density at radius 3 is 2.82 bits per heavy atom. The Morgan fingerprint density at radius 2 is 2.09 bits per heavy atom. The molecule has 0 radical (unpaired) electrons. The lowest BCUT2D eigenvalue weighted by atomic mass is 10.0. The number of halogens is 1. The summed E-state index contributed by atoms with van der Waals surface area (Å²) in [6.07, 6.45) is 2.56. The van der Waals surface area contributed by atoms with Gasteiger partial charge in [0.1, 0.15) is 6.61 Å². The fourth-order valence-corrected chi connectivity index (χ4v) is 5.34. The molecule has 8 heteroatoms. The lowest BCUT2D eigenvalue weighted by molar-refractivity contribution is -0.136. The number of rotatable bonds is 12. The van der Waals surface area contributed by atoms with Gasteiger partial charge in [0.15, 0.2) is 11.6 Å². The van der Waals surface area contributed by atoms with E-state index in [2.05, 4.69) is 4.90 Å². The zero-order valence-corrected chi connectivity index (χ0v) is 20.8. The van der Waals surface area contributed by atoms with Gasteiger partial charge in [0.05, 0.1) is 31.4 Å². The van der Waals surface area contributed by atoms with Gasteiger partial charge in [0, 0.05) is 24.5 Å². The van der Waals surface area contributed by atoms with Gasteiger partial charge < -0.3 is 19.5 Å². The Morgan fingerprint density at radius 1 is 1.29 bits per heavy atom. The first kappa shape index (κ1) is 25.1. The Bertz CT molecular complexity index is 948. The van der Waals surface area contributed by atoms with Crippen molar-refractivity contribution in [3.05, 3.63) is 52.0 Å². The molecule has 1 aromatic carbocycles. The molecule has 2 aliphatic rings. The number of hydrogen-bond donors (Lipinski definition) is 1. The van der Waals surface area contributed by atoms with Crippen LogP contribution in [0.3, 0.4) is 0 Å². The summed E-state index contributed by atoms with van der Waals surface area (Å²) in [7, 11) is 0. The summed E-state index contributed by atoms with van der Waals surface area (Å²) < 4.78 is 25.5. The van der Waals surface area contributed by atoms with Crippen molar-refractivity contribution in [2.75, 3.05) is 39.4 Å². The van der Waals surface area contributed by atoms with E-state index in [1.807, 2.05) is 30.2 Å². The highest BCUT2D eigenvalue weighted by Gasteiger charge is 2.34. The zero-order valence-electron chi connectivity index (χ0n) is 20.0. The van der Waals surface area contributed by atoms with Crippen molar-refractivity contribution in [3.8, 4) is 5.75 Å². The molecule has 1 fully saturated rings. The molecule has 186 valence electrons. The fraction of sp³-hybridized carbons (Fsp3) is 0.577. The van der Waals surface area contributed by atoms with E-state index in [1.165, 1.54) is 23.8 Å². The van der Waals surface area contributed by atoms with Crippen molar-refractivity contribution in [1.29, 1.82) is 0 Å².